The van der Waals surface area contributed by atoms with E-state index in [1.165, 1.54) is 100 Å². The summed E-state index contributed by atoms with van der Waals surface area (Å²) < 4.78 is 51.4. The van der Waals surface area contributed by atoms with E-state index in [-0.39, 0.29) is 0 Å². The molecule has 6 heteroatoms. The highest BCUT2D eigenvalue weighted by atomic mass is 19.4. The average molecular weight is 563 g/mol. The van der Waals surface area contributed by atoms with Crippen LogP contribution in [0.2, 0.25) is 0 Å². The first kappa shape index (κ1) is 32.3. The van der Waals surface area contributed by atoms with Crippen LogP contribution in [0, 0.1) is 0 Å². The lowest BCUT2D eigenvalue weighted by Crippen LogP contribution is -2.51. The van der Waals surface area contributed by atoms with E-state index in [9.17, 15) is 13.2 Å². The topological polar surface area (TPSA) is 18.5 Å². The van der Waals surface area contributed by atoms with Crippen molar-refractivity contribution >= 4 is 0 Å². The Balaban J connectivity index is 1.55. The molecule has 224 valence electrons. The van der Waals surface area contributed by atoms with Crippen LogP contribution in [0.25, 0.3) is 0 Å². The molecule has 1 aliphatic rings. The summed E-state index contributed by atoms with van der Waals surface area (Å²) in [7, 11) is 3.32. The van der Waals surface area contributed by atoms with Crippen molar-refractivity contribution < 1.29 is 27.1 Å². The average Bonchev–Trinajstić information content (AvgIpc) is 2.94. The minimum Gasteiger partial charge on any atom is -0.493 e. The predicted octanol–water partition coefficient (Wildman–Crippen LogP) is 9.89. The minimum absolute atomic E-state index is 0.583. The normalized spacial score (nSPS) is 17.1. The molecule has 1 atom stereocenters. The first-order chi connectivity index (χ1) is 19.3. The first-order valence-electron chi connectivity index (χ1n) is 15.6. The van der Waals surface area contributed by atoms with Gasteiger partial charge in [0.15, 0.2) is 11.5 Å². The largest absolute Gasteiger partial charge is 0.493 e. The van der Waals surface area contributed by atoms with Crippen molar-refractivity contribution in [2.75, 3.05) is 27.3 Å². The van der Waals surface area contributed by atoms with Gasteiger partial charge >= 0.3 is 6.18 Å². The second kappa shape index (κ2) is 16.3. The zero-order chi connectivity index (χ0) is 28.8. The van der Waals surface area contributed by atoms with E-state index in [2.05, 4.69) is 19.1 Å². The summed E-state index contributed by atoms with van der Waals surface area (Å²) in [5.74, 6) is 1.48. The van der Waals surface area contributed by atoms with Crippen LogP contribution < -0.4 is 9.47 Å². The number of benzene rings is 2. The molecule has 1 unspecified atom stereocenters. The number of fused-ring (bicyclic) bond motifs is 1. The number of quaternary nitrogens is 1. The molecular weight excluding hydrogens is 511 g/mol. The van der Waals surface area contributed by atoms with E-state index >= 15 is 0 Å². The number of alkyl halides is 3. The van der Waals surface area contributed by atoms with E-state index in [1.54, 1.807) is 26.4 Å². The van der Waals surface area contributed by atoms with E-state index in [4.69, 9.17) is 9.47 Å². The molecule has 0 radical (unpaired) electrons. The van der Waals surface area contributed by atoms with E-state index in [0.29, 0.717) is 0 Å². The summed E-state index contributed by atoms with van der Waals surface area (Å²) in [5, 5.41) is 0. The highest BCUT2D eigenvalue weighted by Crippen LogP contribution is 2.37. The molecule has 2 aromatic rings. The third kappa shape index (κ3) is 10.0. The van der Waals surface area contributed by atoms with Crippen LogP contribution in [0.4, 0.5) is 13.2 Å². The van der Waals surface area contributed by atoms with E-state index in [1.807, 2.05) is 0 Å². The van der Waals surface area contributed by atoms with Crippen LogP contribution in [0.15, 0.2) is 36.4 Å². The molecule has 0 bridgehead atoms. The lowest BCUT2D eigenvalue weighted by molar-refractivity contribution is -0.955. The van der Waals surface area contributed by atoms with Gasteiger partial charge in [-0.15, -0.1) is 0 Å². The van der Waals surface area contributed by atoms with Crippen LogP contribution >= 0.6 is 0 Å². The monoisotopic (exact) mass is 562 g/mol. The van der Waals surface area contributed by atoms with Crippen LogP contribution in [-0.2, 0) is 25.7 Å². The maximum Gasteiger partial charge on any atom is 0.416 e. The van der Waals surface area contributed by atoms with Crippen LogP contribution in [0.1, 0.15) is 113 Å². The number of ether oxygens (including phenoxy) is 2. The number of halogens is 3. The Morgan fingerprint density at radius 1 is 0.700 bits per heavy atom. The molecule has 0 aromatic heterocycles. The number of unbranched alkanes of at least 4 members (excludes halogenated alkanes) is 12. The van der Waals surface area contributed by atoms with Crippen LogP contribution in [-0.4, -0.2) is 31.8 Å². The Morgan fingerprint density at radius 2 is 1.20 bits per heavy atom. The second-order valence-corrected chi connectivity index (χ2v) is 11.8. The van der Waals surface area contributed by atoms with Gasteiger partial charge in [0.25, 0.3) is 0 Å². The SMILES string of the molecule is CCCCCCCCCCCCCCC[N+]1(Cc2ccc(C(F)(F)F)cc2)CCc2cc(OC)c(OC)cc2C1. The summed E-state index contributed by atoms with van der Waals surface area (Å²) in [4.78, 5) is 0. The molecule has 0 N–H and O–H groups in total. The molecule has 0 spiro atoms. The van der Waals surface area contributed by atoms with Crippen molar-refractivity contribution in [2.45, 2.75) is 116 Å². The molecule has 1 heterocycles. The van der Waals surface area contributed by atoms with Gasteiger partial charge in [-0.1, -0.05) is 89.7 Å². The molecule has 2 aromatic carbocycles. The summed E-state index contributed by atoms with van der Waals surface area (Å²) in [6.45, 7) is 5.87. The van der Waals surface area contributed by atoms with Crippen LogP contribution in [0.5, 0.6) is 11.5 Å². The Hall–Kier alpha value is -2.21. The second-order valence-electron chi connectivity index (χ2n) is 11.8. The number of nitrogens with zero attached hydrogens (tertiary/aromatic N) is 1. The predicted molar refractivity (Wildman–Crippen MR) is 158 cm³/mol. The van der Waals surface area contributed by atoms with Crippen molar-refractivity contribution in [1.29, 1.82) is 0 Å². The van der Waals surface area contributed by atoms with E-state index < -0.39 is 11.7 Å². The summed E-state index contributed by atoms with van der Waals surface area (Å²) in [6, 6.07) is 9.96. The molecule has 0 saturated carbocycles. The highest BCUT2D eigenvalue weighted by molar-refractivity contribution is 5.47. The molecule has 0 fully saturated rings. The zero-order valence-electron chi connectivity index (χ0n) is 25.1. The third-order valence-electron chi connectivity index (χ3n) is 8.60. The zero-order valence-corrected chi connectivity index (χ0v) is 25.1. The molecule has 0 aliphatic carbocycles. The van der Waals surface area contributed by atoms with Crippen molar-refractivity contribution in [2.24, 2.45) is 0 Å². The van der Waals surface area contributed by atoms with Gasteiger partial charge in [-0.2, -0.15) is 13.2 Å². The highest BCUT2D eigenvalue weighted by Gasteiger charge is 2.34. The van der Waals surface area contributed by atoms with Gasteiger partial charge in [0.05, 0.1) is 32.9 Å². The summed E-state index contributed by atoms with van der Waals surface area (Å²) in [6.07, 6.45) is 13.8. The number of hydrogen-bond acceptors (Lipinski definition) is 2. The number of hydrogen-bond donors (Lipinski definition) is 0. The van der Waals surface area contributed by atoms with Crippen molar-refractivity contribution in [1.82, 2.24) is 0 Å². The summed E-state index contributed by atoms with van der Waals surface area (Å²) >= 11 is 0. The fraction of sp³-hybridized carbons (Fsp3) is 0.647. The number of rotatable bonds is 18. The molecule has 3 rings (SSSR count). The van der Waals surface area contributed by atoms with Gasteiger partial charge in [0.2, 0.25) is 0 Å². The van der Waals surface area contributed by atoms with Gasteiger partial charge < -0.3 is 14.0 Å². The Bertz CT molecular complexity index is 1010. The Morgan fingerprint density at radius 3 is 1.70 bits per heavy atom. The van der Waals surface area contributed by atoms with Crippen molar-refractivity contribution in [3.63, 3.8) is 0 Å². The maximum absolute atomic E-state index is 13.1. The van der Waals surface area contributed by atoms with Crippen molar-refractivity contribution in [3.8, 4) is 11.5 Å². The fourth-order valence-corrected chi connectivity index (χ4v) is 6.20. The molecule has 3 nitrogen and oxygen atoms in total. The molecule has 40 heavy (non-hydrogen) atoms. The van der Waals surface area contributed by atoms with Gasteiger partial charge in [-0.05, 0) is 42.7 Å². The Labute approximate surface area is 240 Å². The molecule has 1 aliphatic heterocycles. The number of methoxy groups -OCH3 is 2. The van der Waals surface area contributed by atoms with Crippen molar-refractivity contribution in [3.05, 3.63) is 58.7 Å². The quantitative estimate of drug-likeness (QED) is 0.133. The third-order valence-corrected chi connectivity index (χ3v) is 8.60. The van der Waals surface area contributed by atoms with Gasteiger partial charge in [-0.3, -0.25) is 0 Å². The smallest absolute Gasteiger partial charge is 0.416 e. The Kier molecular flexibility index (Phi) is 13.2. The molecule has 0 amide bonds. The van der Waals surface area contributed by atoms with Gasteiger partial charge in [-0.25, -0.2) is 0 Å². The lowest BCUT2D eigenvalue weighted by Gasteiger charge is -2.43. The lowest BCUT2D eigenvalue weighted by atomic mass is 9.95. The van der Waals surface area contributed by atoms with Gasteiger partial charge in [0, 0.05) is 17.5 Å². The minimum atomic E-state index is -4.31. The van der Waals surface area contributed by atoms with Gasteiger partial charge in [0.1, 0.15) is 13.1 Å². The van der Waals surface area contributed by atoms with E-state index in [0.717, 1.165) is 60.6 Å². The van der Waals surface area contributed by atoms with Crippen LogP contribution in [0.3, 0.4) is 0 Å². The first-order valence-corrected chi connectivity index (χ1v) is 15.6. The molecular formula is C34H51F3NO2+. The standard InChI is InChI=1S/C34H51F3NO2/c1-4-5-6-7-8-9-10-11-12-13-14-15-16-22-38(26-28-17-19-31(20-18-28)34(35,36)37)23-21-29-24-32(39-2)33(40-3)25-30(29)27-38/h17-20,24-25H,4-16,21-23,26-27H2,1-3H3/q+1. The summed E-state index contributed by atoms with van der Waals surface area (Å²) in [5.41, 5.74) is 2.92. The molecule has 0 saturated heterocycles. The fourth-order valence-electron chi connectivity index (χ4n) is 6.20. The maximum atomic E-state index is 13.1.